The Bertz CT molecular complexity index is 5710. The van der Waals surface area contributed by atoms with Crippen molar-refractivity contribution in [2.45, 2.75) is 183 Å². The number of ether oxygens (including phenoxy) is 2. The Kier molecular flexibility index (Phi) is 37.2. The highest BCUT2D eigenvalue weighted by Crippen LogP contribution is 2.60. The zero-order valence-electron chi connectivity index (χ0n) is 80.6. The topological polar surface area (TPSA) is 380 Å². The van der Waals surface area contributed by atoms with Gasteiger partial charge in [-0.2, -0.15) is 0 Å². The van der Waals surface area contributed by atoms with Gasteiger partial charge in [-0.15, -0.1) is 0 Å². The molecular formula is C92H129N2O29P5S2Si8+. The summed E-state index contributed by atoms with van der Waals surface area (Å²) in [5, 5.41) is 41.3. The molecule has 5 N–H and O–H groups in total. The van der Waals surface area contributed by atoms with Crippen LogP contribution in [0.25, 0.3) is 54.9 Å². The average Bonchev–Trinajstić information content (AvgIpc) is 1.68. The third kappa shape index (κ3) is 27.6. The van der Waals surface area contributed by atoms with Crippen molar-refractivity contribution in [3.05, 3.63) is 194 Å². The molecule has 8 aromatic carbocycles. The Labute approximate surface area is 830 Å². The highest BCUT2D eigenvalue weighted by Gasteiger charge is 2.81. The van der Waals surface area contributed by atoms with E-state index in [1.165, 1.54) is 6.42 Å². The molecule has 1 aromatic heterocycles. The Balaban J connectivity index is 0.000000241. The van der Waals surface area contributed by atoms with E-state index in [1.54, 1.807) is 54.6 Å². The van der Waals surface area contributed by atoms with Gasteiger partial charge in [-0.3, -0.25) is 18.5 Å². The molecule has 13 unspecified atom stereocenters. The van der Waals surface area contributed by atoms with Crippen molar-refractivity contribution in [2.24, 2.45) is 46.6 Å². The second kappa shape index (κ2) is 47.1. The van der Waals surface area contributed by atoms with Crippen LogP contribution < -0.4 is 34.6 Å². The summed E-state index contributed by atoms with van der Waals surface area (Å²) < 4.78 is 208. The molecule has 0 amide bonds. The van der Waals surface area contributed by atoms with E-state index in [2.05, 4.69) is 121 Å². The van der Waals surface area contributed by atoms with Crippen LogP contribution in [0.3, 0.4) is 0 Å². The quantitative estimate of drug-likeness (QED) is 0.00759. The molecule has 46 heteroatoms. The van der Waals surface area contributed by atoms with Gasteiger partial charge in [0.25, 0.3) is 6.20 Å². The predicted octanol–water partition coefficient (Wildman–Crippen LogP) is 20.9. The van der Waals surface area contributed by atoms with E-state index in [0.29, 0.717) is 111 Å². The lowest BCUT2D eigenvalue weighted by Gasteiger charge is -2.62. The van der Waals surface area contributed by atoms with Crippen LogP contribution in [0.4, 0.5) is 0 Å². The number of nitrogens with two attached hydrogens (primary N) is 1. The Morgan fingerprint density at radius 3 is 1.12 bits per heavy atom. The van der Waals surface area contributed by atoms with Gasteiger partial charge in [0.1, 0.15) is 29.5 Å². The number of fused-ring (bicyclic) bond motifs is 12. The molecule has 9 aromatic rings. The van der Waals surface area contributed by atoms with Crippen molar-refractivity contribution in [1.82, 2.24) is 4.90 Å². The van der Waals surface area contributed by atoms with Crippen LogP contribution in [0, 0.1) is 41.4 Å². The molecule has 13 atom stereocenters. The fraction of sp³-hybridized carbons (Fsp3) is 0.478. The molecule has 11 aliphatic rings. The molecule has 8 saturated heterocycles. The van der Waals surface area contributed by atoms with E-state index in [4.69, 9.17) is 95.7 Å². The minimum atomic E-state index is -4.40. The van der Waals surface area contributed by atoms with E-state index < -0.39 is 133 Å². The first-order valence-corrected chi connectivity index (χ1v) is 71.4. The van der Waals surface area contributed by atoms with E-state index in [1.807, 2.05) is 144 Å². The zero-order valence-corrected chi connectivity index (χ0v) is 94.7. The van der Waals surface area contributed by atoms with Crippen molar-refractivity contribution >= 4 is 169 Å². The SMILES string of the molecule is CC(C)C[Si]12O[Si]3O[Si]4(CC(C)C)O[Si](CCCN(CC(O)COP5(=O)Oc6ccccc6-c6ccccc65)CC(O)COP5(=O)Oc6ccccc6-c6ccccc65)(O1)O[Si]1(CC(C)C)O[Si](CC(C)C)(O2)O[Si](CC(C)C)(O3)O[Si](CC(C)C)(O4)O1.CCC(C)C.NS[P+](=O)[S-].O=P1(OCC2CO2)Oc2ccccc2-c2ccccc21.O=[p+]1oc2ccccc2c2ccccc21.OCC1CO1. The maximum Gasteiger partial charge on any atom is 0.597 e. The van der Waals surface area contributed by atoms with Crippen LogP contribution in [0.1, 0.15) is 117 Å². The molecule has 0 aliphatic carbocycles. The van der Waals surface area contributed by atoms with Crippen LogP contribution in [-0.4, -0.2) is 175 Å². The zero-order chi connectivity index (χ0) is 98.8. The number of rotatable bonds is 32. The van der Waals surface area contributed by atoms with Gasteiger partial charge in [-0.05, 0) is 114 Å². The van der Waals surface area contributed by atoms with Gasteiger partial charge in [0.2, 0.25) is 5.12 Å². The molecule has 0 spiro atoms. The van der Waals surface area contributed by atoms with Gasteiger partial charge in [-0.25, -0.2) is 23.0 Å². The number of hydrogen-bond acceptors (Lipinski definition) is 33. The first-order valence-electron chi connectivity index (χ1n) is 47.1. The van der Waals surface area contributed by atoms with Crippen LogP contribution in [-0.2, 0) is 108 Å². The molecule has 0 saturated carbocycles. The fourth-order valence-electron chi connectivity index (χ4n) is 17.0. The van der Waals surface area contributed by atoms with E-state index in [-0.39, 0.29) is 86.4 Å². The normalized spacial score (nSPS) is 28.1. The third-order valence-corrected chi connectivity index (χ3v) is 68.1. The van der Waals surface area contributed by atoms with Crippen molar-refractivity contribution < 1.29 is 128 Å². The van der Waals surface area contributed by atoms with Crippen LogP contribution in [0.5, 0.6) is 17.2 Å². The monoisotopic (exact) mass is 2170 g/mol. The highest BCUT2D eigenvalue weighted by atomic mass is 33.1. The molecule has 11 aliphatic heterocycles. The fourth-order valence-corrected chi connectivity index (χ4v) is 70.5. The number of hydrogen-bond donors (Lipinski definition) is 4. The van der Waals surface area contributed by atoms with Crippen molar-refractivity contribution in [3.8, 4) is 50.6 Å². The summed E-state index contributed by atoms with van der Waals surface area (Å²) >= 11 is 4.83. The van der Waals surface area contributed by atoms with Gasteiger partial charge in [0.05, 0.1) is 67.8 Å². The maximum absolute atomic E-state index is 14.9. The number of nitrogens with zero attached hydrogens (tertiary/aromatic N) is 1. The van der Waals surface area contributed by atoms with E-state index >= 15 is 0 Å². The Morgan fingerprint density at radius 2 is 0.768 bits per heavy atom. The first kappa shape index (κ1) is 109. The average molecular weight is 2170 g/mol. The summed E-state index contributed by atoms with van der Waals surface area (Å²) in [7, 11) is -45.2. The van der Waals surface area contributed by atoms with Gasteiger partial charge in [0.15, 0.2) is 17.2 Å². The summed E-state index contributed by atoms with van der Waals surface area (Å²) in [5.74, 6) is 2.24. The molecule has 8 bridgehead atoms. The summed E-state index contributed by atoms with van der Waals surface area (Å²) in [6.07, 6.45) is -2.32. The Hall–Kier alpha value is -4.59. The summed E-state index contributed by atoms with van der Waals surface area (Å²) in [4.78, 5) is 1.85. The van der Waals surface area contributed by atoms with E-state index in [9.17, 15) is 33.0 Å². The summed E-state index contributed by atoms with van der Waals surface area (Å²) in [5.41, 5.74) is 5.54. The van der Waals surface area contributed by atoms with E-state index in [0.717, 1.165) is 50.7 Å². The number of aliphatic hydroxyl groups excluding tert-OH is 3. The minimum absolute atomic E-state index is 0.00678. The second-order valence-electron chi connectivity index (χ2n) is 38.3. The molecule has 138 heavy (non-hydrogen) atoms. The highest BCUT2D eigenvalue weighted by molar-refractivity contribution is 8.73. The lowest BCUT2D eigenvalue weighted by molar-refractivity contribution is -0.0263. The van der Waals surface area contributed by atoms with Crippen molar-refractivity contribution in [3.63, 3.8) is 0 Å². The van der Waals surface area contributed by atoms with Crippen molar-refractivity contribution in [2.75, 3.05) is 59.3 Å². The molecule has 31 nitrogen and oxygen atoms in total. The van der Waals surface area contributed by atoms with Crippen LogP contribution in [0.15, 0.2) is 198 Å². The maximum atomic E-state index is 14.9. The first-order chi connectivity index (χ1) is 65.7. The number of benzene rings is 8. The predicted molar refractivity (Wildman–Crippen MR) is 552 cm³/mol. The Morgan fingerprint density at radius 1 is 0.457 bits per heavy atom. The summed E-state index contributed by atoms with van der Waals surface area (Å²) in [6.45, 7) is 32.9. The molecular weight excluding hydrogens is 2040 g/mol. The number of para-hydroxylation sites is 4. The molecule has 8 fully saturated rings. The van der Waals surface area contributed by atoms with Gasteiger partial charge >= 0.3 is 102 Å². The molecule has 12 heterocycles. The molecule has 749 valence electrons. The second-order valence-corrected chi connectivity index (χ2v) is 72.0. The summed E-state index contributed by atoms with van der Waals surface area (Å²) in [6, 6.07) is 61.7. The van der Waals surface area contributed by atoms with Crippen LogP contribution in [0.2, 0.25) is 42.3 Å². The van der Waals surface area contributed by atoms with Crippen molar-refractivity contribution in [1.29, 1.82) is 0 Å². The molecule has 20 rings (SSSR count). The minimum Gasteiger partial charge on any atom is -0.430 e. The van der Waals surface area contributed by atoms with Crippen LogP contribution >= 0.6 is 48.2 Å². The lowest BCUT2D eigenvalue weighted by Crippen LogP contribution is -2.87. The molecule has 1 radical (unpaired) electrons. The smallest absolute Gasteiger partial charge is 0.430 e. The lowest BCUT2D eigenvalue weighted by atomic mass is 10.0. The number of epoxide rings is 2. The number of aliphatic hydroxyl groups is 3. The standard InChI is InChI=1S/C57H88NO20P2Si8.C15H13O4P.C12H8O2P.C5H12.C3H6O2.H2NOPS2/c1-42(2)36-83-67-81-68-84(37-43(3)4)71-82(70-83,72-86(39-45(7)8)77-87(73-83,40-46(9)10)75-85(69-81,38-44(5)6)76-88(74-84,78-86)41-47(11)12)31-21-30-58(32-48(59)34-63-79(61)56-28-19-15-24-52(56)50-22-13-17-26-54(50)65-79)33-49(60)35-64-80(62)57-29-20-16-25-53(57)51-23-14-18-27-55(51)66-80;16-20(18-10-11-9-17-11)15-8-4-2-6-13(15)12-5-1-3-7-14(12)19-20;13-15-12-8-4-2-6-10(12)9-5-1-3-7-11(9)14-15;1-4-5(2)3;4-1-3-2-5-3;1-5-3(2)4/h13-20,22-29,42-49,59-60H,21,30-41H2,1-12H3;1-8,11H,9-10H2;1-8H;5H,4H2,1-3H3;3-4H,1-2H2;1H2/q;;+1;;;. The van der Waals surface area contributed by atoms with Gasteiger partial charge in [0, 0.05) is 99.6 Å². The largest absolute Gasteiger partial charge is 0.597 e. The van der Waals surface area contributed by atoms with Gasteiger partial charge < -0.3 is 100.0 Å². The third-order valence-electron chi connectivity index (χ3n) is 22.8. The van der Waals surface area contributed by atoms with Gasteiger partial charge in [-0.1, -0.05) is 254 Å².